The third-order valence-corrected chi connectivity index (χ3v) is 5.54. The summed E-state index contributed by atoms with van der Waals surface area (Å²) in [5.41, 5.74) is 1.12. The molecule has 3 heterocycles. The van der Waals surface area contributed by atoms with Crippen LogP contribution in [0.15, 0.2) is 10.4 Å². The van der Waals surface area contributed by atoms with Gasteiger partial charge in [0.2, 0.25) is 0 Å². The van der Waals surface area contributed by atoms with Crippen molar-refractivity contribution in [2.24, 2.45) is 4.99 Å². The molecular formula is C18H30IN7OS. The minimum atomic E-state index is 0. The number of hydrogen-bond donors (Lipinski definition) is 2. The third kappa shape index (κ3) is 6.66. The highest BCUT2D eigenvalue weighted by atomic mass is 127. The van der Waals surface area contributed by atoms with E-state index in [1.54, 1.807) is 18.4 Å². The summed E-state index contributed by atoms with van der Waals surface area (Å²) < 4.78 is 7.11. The lowest BCUT2D eigenvalue weighted by atomic mass is 10.1. The van der Waals surface area contributed by atoms with E-state index in [1.165, 1.54) is 5.01 Å². The summed E-state index contributed by atoms with van der Waals surface area (Å²) in [6.07, 6.45) is 5.21. The Labute approximate surface area is 187 Å². The van der Waals surface area contributed by atoms with E-state index in [0.29, 0.717) is 12.6 Å². The fraction of sp³-hybridized carbons (Fsp3) is 0.667. The molecule has 0 amide bonds. The van der Waals surface area contributed by atoms with Crippen LogP contribution in [0.25, 0.3) is 0 Å². The lowest BCUT2D eigenvalue weighted by molar-refractivity contribution is 0.177. The zero-order chi connectivity index (χ0) is 19.1. The van der Waals surface area contributed by atoms with Gasteiger partial charge in [-0.25, -0.2) is 14.6 Å². The summed E-state index contributed by atoms with van der Waals surface area (Å²) in [5.74, 6) is 2.65. The smallest absolute Gasteiger partial charge is 0.191 e. The first-order chi connectivity index (χ1) is 13.2. The zero-order valence-corrected chi connectivity index (χ0v) is 19.9. The molecule has 1 aliphatic heterocycles. The molecule has 2 aromatic heterocycles. The number of hydrogen-bond acceptors (Lipinski definition) is 6. The summed E-state index contributed by atoms with van der Waals surface area (Å²) in [6, 6.07) is 0.305. The molecule has 0 bridgehead atoms. The maximum atomic E-state index is 5.12. The first-order valence-corrected chi connectivity index (χ1v) is 10.4. The average Bonchev–Trinajstić information content (AvgIpc) is 3.25. The molecule has 0 fully saturated rings. The van der Waals surface area contributed by atoms with Crippen molar-refractivity contribution >= 4 is 41.3 Å². The molecule has 0 aliphatic carbocycles. The van der Waals surface area contributed by atoms with Gasteiger partial charge in [0.15, 0.2) is 11.8 Å². The third-order valence-electron chi connectivity index (χ3n) is 4.52. The van der Waals surface area contributed by atoms with Crippen molar-refractivity contribution in [1.29, 1.82) is 0 Å². The first kappa shape index (κ1) is 23.0. The average molecular weight is 519 g/mol. The quantitative estimate of drug-likeness (QED) is 0.241. The Morgan fingerprint density at radius 2 is 2.25 bits per heavy atom. The van der Waals surface area contributed by atoms with Crippen LogP contribution in [0.5, 0.6) is 0 Å². The number of unbranched alkanes of at least 4 members (excludes halogenated alkanes) is 1. The van der Waals surface area contributed by atoms with Gasteiger partial charge in [-0.05, 0) is 32.6 Å². The number of methoxy groups -OCH3 is 1. The minimum absolute atomic E-state index is 0. The van der Waals surface area contributed by atoms with Gasteiger partial charge in [-0.1, -0.05) is 0 Å². The monoisotopic (exact) mass is 519 g/mol. The second-order valence-corrected chi connectivity index (χ2v) is 7.72. The normalized spacial score (nSPS) is 16.4. The van der Waals surface area contributed by atoms with E-state index in [9.17, 15) is 0 Å². The lowest BCUT2D eigenvalue weighted by Crippen LogP contribution is -2.47. The molecule has 1 atom stereocenters. The second-order valence-electron chi connectivity index (χ2n) is 6.78. The Kier molecular flexibility index (Phi) is 9.59. The number of aliphatic imine (C=N–C) groups is 1. The molecule has 1 aliphatic rings. The number of fused-ring (bicyclic) bond motifs is 1. The van der Waals surface area contributed by atoms with E-state index in [0.717, 1.165) is 68.5 Å². The van der Waals surface area contributed by atoms with Gasteiger partial charge >= 0.3 is 0 Å². The first-order valence-electron chi connectivity index (χ1n) is 9.47. The van der Waals surface area contributed by atoms with Gasteiger partial charge in [0.05, 0.1) is 11.6 Å². The van der Waals surface area contributed by atoms with E-state index in [1.807, 2.05) is 18.7 Å². The van der Waals surface area contributed by atoms with Crippen molar-refractivity contribution in [3.05, 3.63) is 27.7 Å². The van der Waals surface area contributed by atoms with Crippen LogP contribution in [-0.4, -0.2) is 52.5 Å². The van der Waals surface area contributed by atoms with E-state index in [-0.39, 0.29) is 24.0 Å². The molecule has 0 aromatic carbocycles. The number of thiazole rings is 1. The molecule has 28 heavy (non-hydrogen) atoms. The Hall–Kier alpha value is -1.27. The lowest BCUT2D eigenvalue weighted by Gasteiger charge is -2.25. The summed E-state index contributed by atoms with van der Waals surface area (Å²) in [7, 11) is 3.48. The van der Waals surface area contributed by atoms with Gasteiger partial charge in [-0.3, -0.25) is 4.99 Å². The van der Waals surface area contributed by atoms with Crippen molar-refractivity contribution in [3.63, 3.8) is 0 Å². The predicted octanol–water partition coefficient (Wildman–Crippen LogP) is 2.31. The van der Waals surface area contributed by atoms with Crippen molar-refractivity contribution < 1.29 is 4.74 Å². The highest BCUT2D eigenvalue weighted by Crippen LogP contribution is 2.14. The molecule has 2 aromatic rings. The van der Waals surface area contributed by atoms with Crippen LogP contribution in [-0.2, 0) is 30.7 Å². The largest absolute Gasteiger partial charge is 0.377 e. The summed E-state index contributed by atoms with van der Waals surface area (Å²) in [4.78, 5) is 13.4. The van der Waals surface area contributed by atoms with Gasteiger partial charge in [0.1, 0.15) is 12.4 Å². The Morgan fingerprint density at radius 3 is 2.96 bits per heavy atom. The number of rotatable bonds is 8. The van der Waals surface area contributed by atoms with Gasteiger partial charge in [-0.15, -0.1) is 35.3 Å². The minimum Gasteiger partial charge on any atom is -0.377 e. The molecule has 1 unspecified atom stereocenters. The molecule has 0 spiro atoms. The fourth-order valence-electron chi connectivity index (χ4n) is 3.18. The van der Waals surface area contributed by atoms with Crippen molar-refractivity contribution in [2.75, 3.05) is 20.7 Å². The van der Waals surface area contributed by atoms with E-state index in [2.05, 4.69) is 36.1 Å². The maximum absolute atomic E-state index is 5.12. The number of aromatic nitrogens is 4. The van der Waals surface area contributed by atoms with E-state index in [4.69, 9.17) is 4.74 Å². The van der Waals surface area contributed by atoms with Gasteiger partial charge in [-0.2, -0.15) is 5.10 Å². The van der Waals surface area contributed by atoms with E-state index >= 15 is 0 Å². The van der Waals surface area contributed by atoms with Crippen LogP contribution >= 0.6 is 35.3 Å². The molecule has 156 valence electrons. The molecule has 8 nitrogen and oxygen atoms in total. The van der Waals surface area contributed by atoms with Gasteiger partial charge in [0, 0.05) is 44.2 Å². The van der Waals surface area contributed by atoms with Crippen LogP contribution in [0.3, 0.4) is 0 Å². The van der Waals surface area contributed by atoms with Crippen molar-refractivity contribution in [2.45, 2.75) is 58.2 Å². The molecule has 0 saturated heterocycles. The predicted molar refractivity (Wildman–Crippen MR) is 123 cm³/mol. The highest BCUT2D eigenvalue weighted by molar-refractivity contribution is 14.0. The number of nitrogens with one attached hydrogen (secondary N) is 2. The van der Waals surface area contributed by atoms with Gasteiger partial charge < -0.3 is 15.4 Å². The van der Waals surface area contributed by atoms with Crippen LogP contribution in [0, 0.1) is 6.92 Å². The molecule has 3 rings (SSSR count). The SMILES string of the molecule is CN=C(NCCCCc1nc(C)cs1)NC1CCc2nc(COC)nn2C1.I. The van der Waals surface area contributed by atoms with Crippen LogP contribution in [0.2, 0.25) is 0 Å². The number of nitrogens with zero attached hydrogens (tertiary/aromatic N) is 5. The number of aryl methyl sites for hydroxylation is 3. The Bertz CT molecular complexity index is 761. The molecule has 0 radical (unpaired) electrons. The summed E-state index contributed by atoms with van der Waals surface area (Å²) >= 11 is 1.75. The summed E-state index contributed by atoms with van der Waals surface area (Å²) in [5, 5.41) is 14.8. The van der Waals surface area contributed by atoms with Gasteiger partial charge in [0.25, 0.3) is 0 Å². The zero-order valence-electron chi connectivity index (χ0n) is 16.8. The standard InChI is InChI=1S/C18H29N7OS.HI/c1-13-12-27-17(21-13)6-4-5-9-20-18(19-2)22-14-7-8-16-23-15(11-26-3)24-25(16)10-14;/h12,14H,4-11H2,1-3H3,(H2,19,20,22);1H. The molecule has 10 heteroatoms. The van der Waals surface area contributed by atoms with Crippen molar-refractivity contribution in [3.8, 4) is 0 Å². The van der Waals surface area contributed by atoms with Crippen LogP contribution < -0.4 is 10.6 Å². The topological polar surface area (TPSA) is 89.2 Å². The fourth-order valence-corrected chi connectivity index (χ4v) is 4.00. The Balaban J connectivity index is 0.00000280. The van der Waals surface area contributed by atoms with Crippen LogP contribution in [0.1, 0.15) is 41.6 Å². The highest BCUT2D eigenvalue weighted by Gasteiger charge is 2.22. The number of halogens is 1. The molecule has 2 N–H and O–H groups in total. The maximum Gasteiger partial charge on any atom is 0.191 e. The van der Waals surface area contributed by atoms with Crippen LogP contribution in [0.4, 0.5) is 0 Å². The second kappa shape index (κ2) is 11.7. The van der Waals surface area contributed by atoms with E-state index < -0.39 is 0 Å². The molecular weight excluding hydrogens is 489 g/mol. The number of ether oxygens (including phenoxy) is 1. The molecule has 0 saturated carbocycles. The Morgan fingerprint density at radius 1 is 1.39 bits per heavy atom. The van der Waals surface area contributed by atoms with Crippen molar-refractivity contribution in [1.82, 2.24) is 30.4 Å². The summed E-state index contributed by atoms with van der Waals surface area (Å²) in [6.45, 7) is 4.21. The number of guanidine groups is 1.